The first-order valence-electron chi connectivity index (χ1n) is 8.66. The van der Waals surface area contributed by atoms with Crippen LogP contribution in [-0.4, -0.2) is 29.0 Å². The summed E-state index contributed by atoms with van der Waals surface area (Å²) in [4.78, 5) is 12.4. The maximum Gasteiger partial charge on any atom is 0.277 e. The van der Waals surface area contributed by atoms with Gasteiger partial charge in [0.2, 0.25) is 11.8 Å². The van der Waals surface area contributed by atoms with Gasteiger partial charge in [0, 0.05) is 10.6 Å². The molecule has 0 spiro atoms. The molecule has 1 aromatic heterocycles. The van der Waals surface area contributed by atoms with Crippen LogP contribution in [-0.2, 0) is 10.3 Å². The van der Waals surface area contributed by atoms with Crippen molar-refractivity contribution in [1.29, 1.82) is 0 Å². The van der Waals surface area contributed by atoms with Gasteiger partial charge >= 0.3 is 0 Å². The van der Waals surface area contributed by atoms with Crippen LogP contribution in [0.3, 0.4) is 0 Å². The number of aromatic nitrogens is 2. The van der Waals surface area contributed by atoms with E-state index in [4.69, 9.17) is 20.8 Å². The van der Waals surface area contributed by atoms with Crippen molar-refractivity contribution in [2.45, 2.75) is 24.6 Å². The first kappa shape index (κ1) is 21.1. The molecule has 0 aliphatic rings. The van der Waals surface area contributed by atoms with Gasteiger partial charge in [0.15, 0.2) is 0 Å². The van der Waals surface area contributed by atoms with Crippen LogP contribution in [0.5, 0.6) is 5.75 Å². The Morgan fingerprint density at radius 2 is 1.97 bits per heavy atom. The third-order valence-corrected chi connectivity index (χ3v) is 5.26. The maximum atomic E-state index is 13.3. The molecule has 0 unspecified atom stereocenters. The van der Waals surface area contributed by atoms with Gasteiger partial charge < -0.3 is 14.5 Å². The average Bonchev–Trinajstić information content (AvgIpc) is 3.15. The summed E-state index contributed by atoms with van der Waals surface area (Å²) in [5.41, 5.74) is 0.603. The highest BCUT2D eigenvalue weighted by Gasteiger charge is 2.26. The van der Waals surface area contributed by atoms with Gasteiger partial charge in [-0.05, 0) is 55.8 Å². The molecule has 152 valence electrons. The molecular formula is C20H19ClFN3O3S. The Bertz CT molecular complexity index is 1010. The van der Waals surface area contributed by atoms with Crippen LogP contribution < -0.4 is 10.1 Å². The Labute approximate surface area is 176 Å². The molecule has 3 rings (SSSR count). The van der Waals surface area contributed by atoms with E-state index in [1.54, 1.807) is 39.2 Å². The molecule has 0 fully saturated rings. The highest BCUT2D eigenvalue weighted by Crippen LogP contribution is 2.29. The standard InChI is InChI=1S/C20H19ClFN3O3S/c1-20(2,15-9-6-13(22)10-16(15)21)23-17(26)11-29-19-25-24-18(28-19)12-4-7-14(27-3)8-5-12/h4-10H,11H2,1-3H3,(H,23,26). The number of thioether (sulfide) groups is 1. The van der Waals surface area contributed by atoms with E-state index in [9.17, 15) is 9.18 Å². The lowest BCUT2D eigenvalue weighted by Gasteiger charge is -2.27. The molecular weight excluding hydrogens is 417 g/mol. The predicted molar refractivity (Wildman–Crippen MR) is 110 cm³/mol. The average molecular weight is 436 g/mol. The van der Waals surface area contributed by atoms with Crippen LogP contribution in [0.1, 0.15) is 19.4 Å². The van der Waals surface area contributed by atoms with Crippen LogP contribution >= 0.6 is 23.4 Å². The largest absolute Gasteiger partial charge is 0.497 e. The van der Waals surface area contributed by atoms with Crippen molar-refractivity contribution in [2.24, 2.45) is 0 Å². The van der Waals surface area contributed by atoms with Crippen LogP contribution in [0.2, 0.25) is 5.02 Å². The normalized spacial score (nSPS) is 11.3. The zero-order chi connectivity index (χ0) is 21.0. The molecule has 9 heteroatoms. The minimum atomic E-state index is -0.772. The molecule has 3 aromatic rings. The van der Waals surface area contributed by atoms with E-state index < -0.39 is 11.4 Å². The molecule has 0 aliphatic carbocycles. The molecule has 29 heavy (non-hydrogen) atoms. The first-order valence-corrected chi connectivity index (χ1v) is 10.0. The Morgan fingerprint density at radius 1 is 1.24 bits per heavy atom. The molecule has 0 atom stereocenters. The molecule has 1 N–H and O–H groups in total. The van der Waals surface area contributed by atoms with Gasteiger partial charge in [-0.15, -0.1) is 10.2 Å². The summed E-state index contributed by atoms with van der Waals surface area (Å²) < 4.78 is 24.0. The number of rotatable bonds is 7. The maximum absolute atomic E-state index is 13.3. The van der Waals surface area contributed by atoms with Crippen molar-refractivity contribution in [1.82, 2.24) is 15.5 Å². The number of carbonyl (C=O) groups excluding carboxylic acids is 1. The van der Waals surface area contributed by atoms with Crippen LogP contribution in [0.15, 0.2) is 52.1 Å². The SMILES string of the molecule is COc1ccc(-c2nnc(SCC(=O)NC(C)(C)c3ccc(F)cc3Cl)o2)cc1. The first-order chi connectivity index (χ1) is 13.8. The summed E-state index contributed by atoms with van der Waals surface area (Å²) in [6.45, 7) is 3.59. The predicted octanol–water partition coefficient (Wildman–Crippen LogP) is 4.68. The van der Waals surface area contributed by atoms with Crippen molar-refractivity contribution in [2.75, 3.05) is 12.9 Å². The zero-order valence-electron chi connectivity index (χ0n) is 16.0. The third kappa shape index (κ3) is 5.27. The van der Waals surface area contributed by atoms with Crippen molar-refractivity contribution >= 4 is 29.3 Å². The van der Waals surface area contributed by atoms with Gasteiger partial charge in [0.1, 0.15) is 11.6 Å². The van der Waals surface area contributed by atoms with E-state index in [-0.39, 0.29) is 21.9 Å². The second-order valence-corrected chi connectivity index (χ2v) is 8.02. The fourth-order valence-electron chi connectivity index (χ4n) is 2.69. The molecule has 6 nitrogen and oxygen atoms in total. The van der Waals surface area contributed by atoms with Crippen molar-refractivity contribution in [3.8, 4) is 17.2 Å². The molecule has 0 bridgehead atoms. The molecule has 1 amide bonds. The lowest BCUT2D eigenvalue weighted by atomic mass is 9.94. The summed E-state index contributed by atoms with van der Waals surface area (Å²) in [5, 5.41) is 11.4. The molecule has 0 radical (unpaired) electrons. The number of hydrogen-bond acceptors (Lipinski definition) is 6. The summed E-state index contributed by atoms with van der Waals surface area (Å²) in [6.07, 6.45) is 0. The summed E-state index contributed by atoms with van der Waals surface area (Å²) in [6, 6.07) is 11.3. The van der Waals surface area contributed by atoms with Crippen LogP contribution in [0.4, 0.5) is 4.39 Å². The minimum Gasteiger partial charge on any atom is -0.497 e. The second kappa shape index (κ2) is 8.84. The van der Waals surface area contributed by atoms with Crippen LogP contribution in [0, 0.1) is 5.82 Å². The monoisotopic (exact) mass is 435 g/mol. The van der Waals surface area contributed by atoms with E-state index in [1.807, 2.05) is 12.1 Å². The van der Waals surface area contributed by atoms with E-state index in [2.05, 4.69) is 15.5 Å². The van der Waals surface area contributed by atoms with Gasteiger partial charge in [-0.1, -0.05) is 29.4 Å². The Kier molecular flexibility index (Phi) is 6.44. The highest BCUT2D eigenvalue weighted by molar-refractivity contribution is 7.99. The second-order valence-electron chi connectivity index (χ2n) is 6.69. The minimum absolute atomic E-state index is 0.0759. The van der Waals surface area contributed by atoms with Gasteiger partial charge in [0.05, 0.1) is 18.4 Å². The fraction of sp³-hybridized carbons (Fsp3) is 0.250. The number of carbonyl (C=O) groups is 1. The molecule has 0 saturated heterocycles. The Hall–Kier alpha value is -2.58. The number of amides is 1. The lowest BCUT2D eigenvalue weighted by molar-refractivity contribution is -0.120. The van der Waals surface area contributed by atoms with Gasteiger partial charge in [0.25, 0.3) is 5.22 Å². The van der Waals surface area contributed by atoms with Crippen LogP contribution in [0.25, 0.3) is 11.5 Å². The Balaban J connectivity index is 1.59. The van der Waals surface area contributed by atoms with Crippen molar-refractivity contribution < 1.29 is 18.3 Å². The van der Waals surface area contributed by atoms with Gasteiger partial charge in [-0.2, -0.15) is 0 Å². The third-order valence-electron chi connectivity index (χ3n) is 4.13. The number of methoxy groups -OCH3 is 1. The molecule has 1 heterocycles. The summed E-state index contributed by atoms with van der Waals surface area (Å²) >= 11 is 7.24. The van der Waals surface area contributed by atoms with Crippen molar-refractivity contribution in [3.05, 3.63) is 58.9 Å². The molecule has 0 aliphatic heterocycles. The number of ether oxygens (including phenoxy) is 1. The number of nitrogens with one attached hydrogen (secondary N) is 1. The smallest absolute Gasteiger partial charge is 0.277 e. The van der Waals surface area contributed by atoms with Crippen molar-refractivity contribution in [3.63, 3.8) is 0 Å². The van der Waals surface area contributed by atoms with Gasteiger partial charge in [-0.3, -0.25) is 4.79 Å². The summed E-state index contributed by atoms with van der Waals surface area (Å²) in [5.74, 6) is 0.481. The zero-order valence-corrected chi connectivity index (χ0v) is 17.6. The quantitative estimate of drug-likeness (QED) is 0.543. The van der Waals surface area contributed by atoms with E-state index in [0.29, 0.717) is 11.5 Å². The highest BCUT2D eigenvalue weighted by atomic mass is 35.5. The number of nitrogens with zero attached hydrogens (tertiary/aromatic N) is 2. The Morgan fingerprint density at radius 3 is 2.62 bits per heavy atom. The van der Waals surface area contributed by atoms with Gasteiger partial charge in [-0.25, -0.2) is 4.39 Å². The van der Waals surface area contributed by atoms with E-state index >= 15 is 0 Å². The number of benzene rings is 2. The lowest BCUT2D eigenvalue weighted by Crippen LogP contribution is -2.42. The number of halogens is 2. The molecule has 0 saturated carbocycles. The topological polar surface area (TPSA) is 77.2 Å². The van der Waals surface area contributed by atoms with E-state index in [0.717, 1.165) is 23.1 Å². The molecule has 2 aromatic carbocycles. The summed E-state index contributed by atoms with van der Waals surface area (Å²) in [7, 11) is 1.59. The van der Waals surface area contributed by atoms with E-state index in [1.165, 1.54) is 12.1 Å². The fourth-order valence-corrected chi connectivity index (χ4v) is 3.66. The number of hydrogen-bond donors (Lipinski definition) is 1.